The number of alkyl halides is 2. The quantitative estimate of drug-likeness (QED) is 0.834. The third kappa shape index (κ3) is 3.20. The van der Waals surface area contributed by atoms with Gasteiger partial charge in [-0.05, 0) is 0 Å². The van der Waals surface area contributed by atoms with Crippen LogP contribution in [-0.4, -0.2) is 16.7 Å². The fraction of sp³-hybridized carbons (Fsp3) is 0.600. The first-order valence-corrected chi connectivity index (χ1v) is 5.25. The zero-order valence-electron chi connectivity index (χ0n) is 9.38. The van der Waals surface area contributed by atoms with Gasteiger partial charge < -0.3 is 9.84 Å². The molecule has 0 fully saturated rings. The van der Waals surface area contributed by atoms with Crippen LogP contribution in [0.5, 0.6) is 0 Å². The molecule has 0 saturated carbocycles. The lowest BCUT2D eigenvalue weighted by Gasteiger charge is -2.16. The van der Waals surface area contributed by atoms with Gasteiger partial charge in [0.25, 0.3) is 11.5 Å². The molecule has 1 N–H and O–H groups in total. The maximum atomic E-state index is 12.4. The lowest BCUT2D eigenvalue weighted by atomic mass is 9.89. The van der Waals surface area contributed by atoms with E-state index in [9.17, 15) is 9.18 Å². The van der Waals surface area contributed by atoms with E-state index >= 15 is 0 Å². The number of carbonyl (C=O) groups is 1. The maximum Gasteiger partial charge on any atom is 0.270 e. The fourth-order valence-electron chi connectivity index (χ4n) is 1.26. The van der Waals surface area contributed by atoms with Gasteiger partial charge in [0.15, 0.2) is 0 Å². The van der Waals surface area contributed by atoms with Gasteiger partial charge in [-0.1, -0.05) is 37.5 Å². The highest BCUT2D eigenvalue weighted by Gasteiger charge is 2.23. The highest BCUT2D eigenvalue weighted by Crippen LogP contribution is 2.24. The summed E-state index contributed by atoms with van der Waals surface area (Å²) in [7, 11) is 0. The van der Waals surface area contributed by atoms with Crippen molar-refractivity contribution in [1.29, 1.82) is 0 Å². The molecule has 1 rings (SSSR count). The number of hydrogen-bond acceptors (Lipinski definition) is 3. The van der Waals surface area contributed by atoms with E-state index in [1.165, 1.54) is 6.26 Å². The number of amides is 1. The molecule has 0 saturated heterocycles. The number of hydrogen-bond donors (Lipinski definition) is 1. The minimum atomic E-state index is -2.03. The third-order valence-electron chi connectivity index (χ3n) is 2.00. The van der Waals surface area contributed by atoms with Crippen LogP contribution in [0.2, 0.25) is 0 Å². The maximum absolute atomic E-state index is 12.4. The number of nitrogens with zero attached hydrogens (tertiary/aromatic N) is 1. The average Bonchev–Trinajstić information content (AvgIpc) is 2.60. The second kappa shape index (κ2) is 4.82. The van der Waals surface area contributed by atoms with Gasteiger partial charge in [-0.2, -0.15) is 0 Å². The van der Waals surface area contributed by atoms with Gasteiger partial charge in [0, 0.05) is 17.5 Å². The van der Waals surface area contributed by atoms with Crippen LogP contribution < -0.4 is 5.32 Å². The molecule has 16 heavy (non-hydrogen) atoms. The normalized spacial score (nSPS) is 13.6. The van der Waals surface area contributed by atoms with Crippen LogP contribution in [0.4, 0.5) is 4.39 Å². The van der Waals surface area contributed by atoms with Crippen LogP contribution in [0.1, 0.15) is 32.0 Å². The minimum Gasteiger partial charge on any atom is -0.364 e. The molecule has 0 aliphatic heterocycles. The van der Waals surface area contributed by atoms with Gasteiger partial charge in [0.2, 0.25) is 0 Å². The van der Waals surface area contributed by atoms with Crippen LogP contribution in [0.15, 0.2) is 10.8 Å². The first kappa shape index (κ1) is 13.0. The average molecular weight is 249 g/mol. The Morgan fingerprint density at radius 3 is 2.81 bits per heavy atom. The molecule has 90 valence electrons. The topological polar surface area (TPSA) is 55.1 Å². The monoisotopic (exact) mass is 248 g/mol. The summed E-state index contributed by atoms with van der Waals surface area (Å²) in [6, 6.07) is 0. The van der Waals surface area contributed by atoms with Gasteiger partial charge in [0.05, 0.1) is 5.69 Å². The Morgan fingerprint density at radius 1 is 1.69 bits per heavy atom. The minimum absolute atomic E-state index is 0.155. The van der Waals surface area contributed by atoms with E-state index in [-0.39, 0.29) is 12.0 Å². The molecule has 1 heterocycles. The standard InChI is InChI=1S/C10H14ClFN2O2/c1-10(2,3)7-6(5-16-14-7)4-13-9(15)8(11)12/h5,8H,4H2,1-3H3,(H,13,15). The lowest BCUT2D eigenvalue weighted by molar-refractivity contribution is -0.123. The predicted molar refractivity (Wildman–Crippen MR) is 57.8 cm³/mol. The molecule has 1 aromatic heterocycles. The Hall–Kier alpha value is -1.10. The fourth-order valence-corrected chi connectivity index (χ4v) is 1.34. The Kier molecular flexibility index (Phi) is 3.91. The van der Waals surface area contributed by atoms with Crippen molar-refractivity contribution < 1.29 is 13.7 Å². The molecule has 6 heteroatoms. The molecule has 0 spiro atoms. The highest BCUT2D eigenvalue weighted by atomic mass is 35.5. The molecule has 0 radical (unpaired) electrons. The molecule has 1 aromatic rings. The van der Waals surface area contributed by atoms with E-state index in [0.29, 0.717) is 0 Å². The van der Waals surface area contributed by atoms with Crippen molar-refractivity contribution in [2.24, 2.45) is 0 Å². The summed E-state index contributed by atoms with van der Waals surface area (Å²) in [5, 5.41) is 6.21. The molecular formula is C10H14ClFN2O2. The Bertz CT molecular complexity index is 371. The highest BCUT2D eigenvalue weighted by molar-refractivity contribution is 6.29. The number of halogens is 2. The molecule has 1 unspecified atom stereocenters. The van der Waals surface area contributed by atoms with Crippen LogP contribution >= 0.6 is 11.6 Å². The number of aromatic nitrogens is 1. The summed E-state index contributed by atoms with van der Waals surface area (Å²) in [6.45, 7) is 6.06. The molecule has 0 bridgehead atoms. The Morgan fingerprint density at radius 2 is 2.31 bits per heavy atom. The van der Waals surface area contributed by atoms with E-state index in [4.69, 9.17) is 16.1 Å². The van der Waals surface area contributed by atoms with Crippen molar-refractivity contribution in [3.8, 4) is 0 Å². The second-order valence-electron chi connectivity index (χ2n) is 4.46. The van der Waals surface area contributed by atoms with E-state index in [0.717, 1.165) is 11.3 Å². The van der Waals surface area contributed by atoms with E-state index in [2.05, 4.69) is 10.5 Å². The first-order chi connectivity index (χ1) is 7.32. The predicted octanol–water partition coefficient (Wildman–Crippen LogP) is 2.12. The van der Waals surface area contributed by atoms with Gasteiger partial charge in [-0.3, -0.25) is 4.79 Å². The van der Waals surface area contributed by atoms with Crippen molar-refractivity contribution in [1.82, 2.24) is 10.5 Å². The zero-order valence-corrected chi connectivity index (χ0v) is 10.1. The van der Waals surface area contributed by atoms with Crippen molar-refractivity contribution in [3.63, 3.8) is 0 Å². The summed E-state index contributed by atoms with van der Waals surface area (Å²) < 4.78 is 17.2. The molecule has 0 aliphatic carbocycles. The number of rotatable bonds is 3. The third-order valence-corrected chi connectivity index (χ3v) is 2.20. The Labute approximate surface area is 98.1 Å². The van der Waals surface area contributed by atoms with Crippen molar-refractivity contribution in [2.75, 3.05) is 0 Å². The number of carbonyl (C=O) groups excluding carboxylic acids is 1. The van der Waals surface area contributed by atoms with Gasteiger partial charge in [0.1, 0.15) is 6.26 Å². The van der Waals surface area contributed by atoms with Crippen LogP contribution in [-0.2, 0) is 16.8 Å². The van der Waals surface area contributed by atoms with Gasteiger partial charge in [-0.15, -0.1) is 0 Å². The summed E-state index contributed by atoms with van der Waals surface area (Å²) in [6.07, 6.45) is 1.43. The second-order valence-corrected chi connectivity index (χ2v) is 4.84. The molecule has 1 amide bonds. The van der Waals surface area contributed by atoms with E-state index < -0.39 is 11.5 Å². The molecule has 1 atom stereocenters. The van der Waals surface area contributed by atoms with Gasteiger partial charge >= 0.3 is 0 Å². The largest absolute Gasteiger partial charge is 0.364 e. The zero-order chi connectivity index (χ0) is 12.3. The lowest BCUT2D eigenvalue weighted by Crippen LogP contribution is -2.29. The summed E-state index contributed by atoms with van der Waals surface area (Å²) in [4.78, 5) is 10.9. The van der Waals surface area contributed by atoms with Gasteiger partial charge in [-0.25, -0.2) is 4.39 Å². The van der Waals surface area contributed by atoms with Crippen LogP contribution in [0.3, 0.4) is 0 Å². The van der Waals surface area contributed by atoms with Crippen molar-refractivity contribution in [3.05, 3.63) is 17.5 Å². The van der Waals surface area contributed by atoms with Crippen molar-refractivity contribution >= 4 is 17.5 Å². The smallest absolute Gasteiger partial charge is 0.270 e. The van der Waals surface area contributed by atoms with E-state index in [1.54, 1.807) is 0 Å². The Balaban J connectivity index is 2.69. The molecule has 4 nitrogen and oxygen atoms in total. The molecule has 0 aliphatic rings. The van der Waals surface area contributed by atoms with Crippen molar-refractivity contribution in [2.45, 2.75) is 38.4 Å². The SMILES string of the molecule is CC(C)(C)c1nocc1CNC(=O)C(F)Cl. The molecular weight excluding hydrogens is 235 g/mol. The summed E-state index contributed by atoms with van der Waals surface area (Å²) in [5.41, 5.74) is -0.766. The van der Waals surface area contributed by atoms with Crippen LogP contribution in [0, 0.1) is 0 Å². The summed E-state index contributed by atoms with van der Waals surface area (Å²) >= 11 is 4.98. The molecule has 0 aromatic carbocycles. The number of nitrogens with one attached hydrogen (secondary N) is 1. The first-order valence-electron chi connectivity index (χ1n) is 4.82. The summed E-state index contributed by atoms with van der Waals surface area (Å²) in [5.74, 6) is -0.859. The van der Waals surface area contributed by atoms with E-state index in [1.807, 2.05) is 20.8 Å². The van der Waals surface area contributed by atoms with Crippen LogP contribution in [0.25, 0.3) is 0 Å².